The van der Waals surface area contributed by atoms with Crippen LogP contribution in [0.3, 0.4) is 0 Å². The molecule has 0 aliphatic carbocycles. The van der Waals surface area contributed by atoms with Crippen LogP contribution in [0.15, 0.2) is 30.3 Å². The summed E-state index contributed by atoms with van der Waals surface area (Å²) in [5.74, 6) is 9.04. The molecule has 2 heterocycles. The Labute approximate surface area is 167 Å². The highest BCUT2D eigenvalue weighted by atomic mass is 16.7. The summed E-state index contributed by atoms with van der Waals surface area (Å²) in [6.07, 6.45) is 0.942. The molecule has 2 aliphatic heterocycles. The Morgan fingerprint density at radius 3 is 2.57 bits per heavy atom. The molecule has 2 aliphatic rings. The van der Waals surface area contributed by atoms with Gasteiger partial charge in [-0.2, -0.15) is 0 Å². The lowest BCUT2D eigenvalue weighted by Gasteiger charge is -2.32. The molecule has 4 nitrogen and oxygen atoms in total. The summed E-state index contributed by atoms with van der Waals surface area (Å²) in [6, 6.07) is 10.6. The van der Waals surface area contributed by atoms with Crippen molar-refractivity contribution < 1.29 is 14.2 Å². The number of hydrogen-bond acceptors (Lipinski definition) is 4. The lowest BCUT2D eigenvalue weighted by molar-refractivity contribution is 0.171. The minimum absolute atomic E-state index is 0.0458. The maximum Gasteiger partial charge on any atom is 0.231 e. The predicted molar refractivity (Wildman–Crippen MR) is 110 cm³/mol. The van der Waals surface area contributed by atoms with Crippen LogP contribution < -0.4 is 14.2 Å². The Bertz CT molecular complexity index is 945. The highest BCUT2D eigenvalue weighted by Gasteiger charge is 2.33. The van der Waals surface area contributed by atoms with Gasteiger partial charge < -0.3 is 14.2 Å². The van der Waals surface area contributed by atoms with Crippen LogP contribution in [0.1, 0.15) is 49.1 Å². The van der Waals surface area contributed by atoms with Crippen molar-refractivity contribution in [3.8, 4) is 29.1 Å². The molecule has 0 N–H and O–H groups in total. The van der Waals surface area contributed by atoms with Crippen LogP contribution in [-0.4, -0.2) is 32.4 Å². The molecule has 0 radical (unpaired) electrons. The molecule has 0 saturated heterocycles. The lowest BCUT2D eigenvalue weighted by Crippen LogP contribution is -2.31. The zero-order valence-corrected chi connectivity index (χ0v) is 17.3. The Hall–Kier alpha value is -2.64. The maximum absolute atomic E-state index is 5.74. The molecule has 0 spiro atoms. The van der Waals surface area contributed by atoms with Gasteiger partial charge in [-0.3, -0.25) is 4.90 Å². The second-order valence-electron chi connectivity index (χ2n) is 8.45. The molecule has 0 fully saturated rings. The summed E-state index contributed by atoms with van der Waals surface area (Å²) >= 11 is 0. The van der Waals surface area contributed by atoms with Crippen LogP contribution in [0.25, 0.3) is 0 Å². The maximum atomic E-state index is 5.74. The number of methoxy groups -OCH3 is 1. The van der Waals surface area contributed by atoms with E-state index in [9.17, 15) is 0 Å². The number of rotatable bonds is 1. The second kappa shape index (κ2) is 7.07. The molecule has 4 rings (SSSR count). The molecule has 0 saturated carbocycles. The number of benzene rings is 2. The molecule has 28 heavy (non-hydrogen) atoms. The van der Waals surface area contributed by atoms with E-state index in [4.69, 9.17) is 14.2 Å². The number of fused-ring (bicyclic) bond motifs is 2. The van der Waals surface area contributed by atoms with E-state index in [1.165, 1.54) is 11.1 Å². The van der Waals surface area contributed by atoms with Gasteiger partial charge in [-0.05, 0) is 48.2 Å². The van der Waals surface area contributed by atoms with Crippen molar-refractivity contribution in [3.05, 3.63) is 52.6 Å². The molecular formula is C24H27NO3. The van der Waals surface area contributed by atoms with Crippen molar-refractivity contribution in [3.63, 3.8) is 0 Å². The van der Waals surface area contributed by atoms with E-state index in [-0.39, 0.29) is 18.2 Å². The summed E-state index contributed by atoms with van der Waals surface area (Å²) in [5, 5.41) is 0. The largest absolute Gasteiger partial charge is 0.492 e. The third kappa shape index (κ3) is 3.31. The molecule has 0 bridgehead atoms. The molecule has 1 atom stereocenters. The smallest absolute Gasteiger partial charge is 0.231 e. The minimum Gasteiger partial charge on any atom is -0.492 e. The van der Waals surface area contributed by atoms with E-state index in [2.05, 4.69) is 74.9 Å². The average Bonchev–Trinajstić information content (AvgIpc) is 3.13. The standard InChI is InChI=1S/C24H27NO3/c1-24(2,3)18-9-6-16(7-10-18)8-11-19-21-17(12-13-25(19)4)14-20-22(23(21)26-5)28-15-27-20/h6-7,9-10,14,19H,12-13,15H2,1-5H3. The Balaban J connectivity index is 1.72. The molecule has 2 aromatic rings. The topological polar surface area (TPSA) is 30.9 Å². The van der Waals surface area contributed by atoms with Gasteiger partial charge in [0, 0.05) is 17.7 Å². The van der Waals surface area contributed by atoms with Gasteiger partial charge in [-0.1, -0.05) is 44.7 Å². The lowest BCUT2D eigenvalue weighted by atomic mass is 9.86. The van der Waals surface area contributed by atoms with Gasteiger partial charge in [-0.25, -0.2) is 0 Å². The first kappa shape index (κ1) is 18.7. The molecule has 2 aromatic carbocycles. The fraction of sp³-hybridized carbons (Fsp3) is 0.417. The van der Waals surface area contributed by atoms with Gasteiger partial charge in [0.15, 0.2) is 11.5 Å². The first-order chi connectivity index (χ1) is 13.4. The molecule has 4 heteroatoms. The fourth-order valence-electron chi connectivity index (χ4n) is 3.82. The summed E-state index contributed by atoms with van der Waals surface area (Å²) in [7, 11) is 3.79. The molecular weight excluding hydrogens is 350 g/mol. The SMILES string of the molecule is COc1c2c(cc3c1C(C#Cc1ccc(C(C)(C)C)cc1)N(C)CC3)OCO2. The molecule has 0 aromatic heterocycles. The first-order valence-corrected chi connectivity index (χ1v) is 9.70. The van der Waals surface area contributed by atoms with Gasteiger partial charge in [-0.15, -0.1) is 0 Å². The summed E-state index contributed by atoms with van der Waals surface area (Å²) in [6.45, 7) is 7.84. The van der Waals surface area contributed by atoms with Gasteiger partial charge in [0.25, 0.3) is 0 Å². The van der Waals surface area contributed by atoms with Crippen LogP contribution in [0.5, 0.6) is 17.2 Å². The second-order valence-corrected chi connectivity index (χ2v) is 8.45. The zero-order chi connectivity index (χ0) is 19.9. The van der Waals surface area contributed by atoms with Crippen molar-refractivity contribution in [2.45, 2.75) is 38.6 Å². The van der Waals surface area contributed by atoms with E-state index >= 15 is 0 Å². The van der Waals surface area contributed by atoms with Gasteiger partial charge in [0.1, 0.15) is 6.04 Å². The summed E-state index contributed by atoms with van der Waals surface area (Å²) < 4.78 is 17.0. The summed E-state index contributed by atoms with van der Waals surface area (Å²) in [4.78, 5) is 2.27. The van der Waals surface area contributed by atoms with Crippen molar-refractivity contribution >= 4 is 0 Å². The average molecular weight is 377 g/mol. The van der Waals surface area contributed by atoms with Crippen molar-refractivity contribution in [1.82, 2.24) is 4.90 Å². The van der Waals surface area contributed by atoms with Crippen molar-refractivity contribution in [2.24, 2.45) is 0 Å². The number of hydrogen-bond donors (Lipinski definition) is 0. The Morgan fingerprint density at radius 1 is 1.14 bits per heavy atom. The number of nitrogens with zero attached hydrogens (tertiary/aromatic N) is 1. The first-order valence-electron chi connectivity index (χ1n) is 9.70. The summed E-state index contributed by atoms with van der Waals surface area (Å²) in [5.41, 5.74) is 4.80. The third-order valence-corrected chi connectivity index (χ3v) is 5.50. The van der Waals surface area contributed by atoms with E-state index < -0.39 is 0 Å². The predicted octanol–water partition coefficient (Wildman–Crippen LogP) is 4.30. The highest BCUT2D eigenvalue weighted by Crippen LogP contribution is 2.49. The molecule has 146 valence electrons. The number of ether oxygens (including phenoxy) is 3. The minimum atomic E-state index is -0.0458. The van der Waals surface area contributed by atoms with Gasteiger partial charge >= 0.3 is 0 Å². The van der Waals surface area contributed by atoms with Crippen LogP contribution in [0.4, 0.5) is 0 Å². The molecule has 1 unspecified atom stereocenters. The van der Waals surface area contributed by atoms with Crippen LogP contribution in [0, 0.1) is 11.8 Å². The fourth-order valence-corrected chi connectivity index (χ4v) is 3.82. The normalized spacial score (nSPS) is 18.2. The Morgan fingerprint density at radius 2 is 1.89 bits per heavy atom. The van der Waals surface area contributed by atoms with Crippen LogP contribution >= 0.6 is 0 Å². The van der Waals surface area contributed by atoms with E-state index in [1.807, 2.05) is 0 Å². The Kier molecular flexibility index (Phi) is 4.72. The molecule has 0 amide bonds. The van der Waals surface area contributed by atoms with Gasteiger partial charge in [0.2, 0.25) is 12.5 Å². The van der Waals surface area contributed by atoms with Crippen molar-refractivity contribution in [1.29, 1.82) is 0 Å². The van der Waals surface area contributed by atoms with Gasteiger partial charge in [0.05, 0.1) is 7.11 Å². The van der Waals surface area contributed by atoms with Crippen LogP contribution in [-0.2, 0) is 11.8 Å². The third-order valence-electron chi connectivity index (χ3n) is 5.50. The van der Waals surface area contributed by atoms with E-state index in [0.29, 0.717) is 5.75 Å². The monoisotopic (exact) mass is 377 g/mol. The number of likely N-dealkylation sites (N-methyl/N-ethyl adjacent to an activating group) is 1. The quantitative estimate of drug-likeness (QED) is 0.693. The highest BCUT2D eigenvalue weighted by molar-refractivity contribution is 5.63. The van der Waals surface area contributed by atoms with E-state index in [1.54, 1.807) is 7.11 Å². The van der Waals surface area contributed by atoms with Crippen LogP contribution in [0.2, 0.25) is 0 Å². The zero-order valence-electron chi connectivity index (χ0n) is 17.3. The van der Waals surface area contributed by atoms with Crippen molar-refractivity contribution in [2.75, 3.05) is 27.5 Å². The van der Waals surface area contributed by atoms with E-state index in [0.717, 1.165) is 35.6 Å².